The number of aromatic nitrogens is 3. The summed E-state index contributed by atoms with van der Waals surface area (Å²) in [6, 6.07) is 5.13. The van der Waals surface area contributed by atoms with E-state index in [1.807, 2.05) is 30.7 Å². The van der Waals surface area contributed by atoms with Crippen molar-refractivity contribution in [1.29, 1.82) is 0 Å². The largest absolute Gasteiger partial charge is 0.339 e. The zero-order valence-corrected chi connectivity index (χ0v) is 19.5. The molecule has 0 spiro atoms. The lowest BCUT2D eigenvalue weighted by atomic mass is 10.0. The van der Waals surface area contributed by atoms with Gasteiger partial charge in [-0.3, -0.25) is 14.8 Å². The van der Waals surface area contributed by atoms with Crippen LogP contribution in [0.4, 0.5) is 13.2 Å². The van der Waals surface area contributed by atoms with Gasteiger partial charge in [0, 0.05) is 38.0 Å². The molecule has 1 aliphatic heterocycles. The molecule has 1 amide bonds. The summed E-state index contributed by atoms with van der Waals surface area (Å²) in [6.07, 6.45) is 1.52. The molecule has 0 radical (unpaired) electrons. The smallest absolute Gasteiger partial charge is 0.266 e. The fourth-order valence-corrected chi connectivity index (χ4v) is 4.13. The molecular weight excluding hydrogens is 443 g/mol. The molecule has 6 nitrogen and oxygen atoms in total. The van der Waals surface area contributed by atoms with Gasteiger partial charge in [0.2, 0.25) is 5.91 Å². The third-order valence-electron chi connectivity index (χ3n) is 6.28. The van der Waals surface area contributed by atoms with Crippen LogP contribution in [0.2, 0.25) is 0 Å². The standard InChI is InChI=1S/C25H26F3N5O/c1-14(18-6-5-7-19(23(18)26)24(27)28)30-25-20-12-21(17-8-10-33(11-9-17)16(3)34)29-13-22(20)32(4)15(2)31-25/h5-8,12-14,24H,9-11H2,1-4H3/b30-25-/t14-/m1/s1. The van der Waals surface area contributed by atoms with Crippen molar-refractivity contribution < 1.29 is 18.0 Å². The van der Waals surface area contributed by atoms with Crippen LogP contribution in [-0.4, -0.2) is 38.4 Å². The molecule has 0 unspecified atom stereocenters. The molecular formula is C25H26F3N5O. The zero-order chi connectivity index (χ0) is 24.6. The van der Waals surface area contributed by atoms with Crippen molar-refractivity contribution in [3.8, 4) is 0 Å². The number of alkyl halides is 2. The number of hydrogen-bond donors (Lipinski definition) is 0. The summed E-state index contributed by atoms with van der Waals surface area (Å²) >= 11 is 0. The van der Waals surface area contributed by atoms with Crippen molar-refractivity contribution in [2.45, 2.75) is 39.7 Å². The van der Waals surface area contributed by atoms with E-state index in [-0.39, 0.29) is 11.5 Å². The Balaban J connectivity index is 1.82. The molecule has 0 fully saturated rings. The lowest BCUT2D eigenvalue weighted by Gasteiger charge is -2.25. The number of rotatable bonds is 4. The molecule has 1 aromatic carbocycles. The number of nitrogens with zero attached hydrogens (tertiary/aromatic N) is 5. The van der Waals surface area contributed by atoms with Crippen LogP contribution in [0, 0.1) is 12.7 Å². The summed E-state index contributed by atoms with van der Waals surface area (Å²) in [5, 5.41) is 0.727. The van der Waals surface area contributed by atoms with Crippen LogP contribution in [0.5, 0.6) is 0 Å². The quantitative estimate of drug-likeness (QED) is 0.559. The molecule has 0 bridgehead atoms. The molecule has 1 atom stereocenters. The molecule has 178 valence electrons. The fourth-order valence-electron chi connectivity index (χ4n) is 4.13. The molecule has 4 rings (SSSR count). The predicted molar refractivity (Wildman–Crippen MR) is 123 cm³/mol. The minimum atomic E-state index is -2.90. The highest BCUT2D eigenvalue weighted by Crippen LogP contribution is 2.29. The van der Waals surface area contributed by atoms with E-state index in [9.17, 15) is 18.0 Å². The Labute approximate surface area is 195 Å². The third kappa shape index (κ3) is 4.47. The van der Waals surface area contributed by atoms with Gasteiger partial charge in [-0.1, -0.05) is 24.3 Å². The molecule has 0 saturated heterocycles. The average molecular weight is 470 g/mol. The Kier molecular flexibility index (Phi) is 6.54. The van der Waals surface area contributed by atoms with Crippen LogP contribution in [-0.2, 0) is 11.8 Å². The van der Waals surface area contributed by atoms with Gasteiger partial charge in [-0.15, -0.1) is 0 Å². The molecule has 0 saturated carbocycles. The third-order valence-corrected chi connectivity index (χ3v) is 6.28. The highest BCUT2D eigenvalue weighted by atomic mass is 19.3. The number of pyridine rings is 1. The fraction of sp³-hybridized carbons (Fsp3) is 0.360. The Morgan fingerprint density at radius 1 is 1.24 bits per heavy atom. The van der Waals surface area contributed by atoms with E-state index >= 15 is 0 Å². The van der Waals surface area contributed by atoms with E-state index in [0.717, 1.165) is 28.2 Å². The number of hydrogen-bond acceptors (Lipinski definition) is 4. The molecule has 0 aliphatic carbocycles. The predicted octanol–water partition coefficient (Wildman–Crippen LogP) is 4.65. The van der Waals surface area contributed by atoms with Gasteiger partial charge >= 0.3 is 0 Å². The minimum Gasteiger partial charge on any atom is -0.339 e. The van der Waals surface area contributed by atoms with Crippen molar-refractivity contribution in [3.05, 3.63) is 70.5 Å². The van der Waals surface area contributed by atoms with Crippen LogP contribution < -0.4 is 5.49 Å². The van der Waals surface area contributed by atoms with E-state index in [1.54, 1.807) is 24.9 Å². The maximum atomic E-state index is 14.7. The topological polar surface area (TPSA) is 63.4 Å². The number of fused-ring (bicyclic) bond motifs is 1. The van der Waals surface area contributed by atoms with Crippen molar-refractivity contribution in [2.24, 2.45) is 12.0 Å². The molecule has 3 aromatic rings. The molecule has 1 aliphatic rings. The first kappa shape index (κ1) is 23.7. The van der Waals surface area contributed by atoms with Crippen molar-refractivity contribution in [1.82, 2.24) is 19.4 Å². The van der Waals surface area contributed by atoms with Gasteiger partial charge < -0.3 is 9.47 Å². The highest BCUT2D eigenvalue weighted by molar-refractivity contribution is 5.82. The van der Waals surface area contributed by atoms with Crippen LogP contribution in [0.25, 0.3) is 16.5 Å². The molecule has 0 N–H and O–H groups in total. The zero-order valence-electron chi connectivity index (χ0n) is 19.5. The van der Waals surface area contributed by atoms with E-state index in [4.69, 9.17) is 0 Å². The van der Waals surface area contributed by atoms with Crippen LogP contribution in [0.15, 0.2) is 41.5 Å². The first-order valence-electron chi connectivity index (χ1n) is 11.1. The average Bonchev–Trinajstić information content (AvgIpc) is 2.82. The van der Waals surface area contributed by atoms with Gasteiger partial charge in [-0.05, 0) is 31.9 Å². The van der Waals surface area contributed by atoms with Crippen LogP contribution >= 0.6 is 0 Å². The van der Waals surface area contributed by atoms with E-state index in [0.29, 0.717) is 30.8 Å². The summed E-state index contributed by atoms with van der Waals surface area (Å²) in [4.78, 5) is 27.2. The Morgan fingerprint density at radius 2 is 1.97 bits per heavy atom. The molecule has 34 heavy (non-hydrogen) atoms. The first-order chi connectivity index (χ1) is 16.2. The molecule has 2 aromatic heterocycles. The maximum absolute atomic E-state index is 14.7. The first-order valence-corrected chi connectivity index (χ1v) is 11.1. The van der Waals surface area contributed by atoms with Gasteiger partial charge in [0.1, 0.15) is 11.6 Å². The van der Waals surface area contributed by atoms with Crippen LogP contribution in [0.3, 0.4) is 0 Å². The summed E-state index contributed by atoms with van der Waals surface area (Å²) in [5.74, 6) is -0.225. The second-order valence-electron chi connectivity index (χ2n) is 8.43. The molecule has 9 heteroatoms. The number of aryl methyl sites for hydroxylation is 2. The van der Waals surface area contributed by atoms with E-state index in [1.165, 1.54) is 12.1 Å². The number of carbonyl (C=O) groups is 1. The Bertz CT molecular complexity index is 1360. The monoisotopic (exact) mass is 469 g/mol. The maximum Gasteiger partial charge on any atom is 0.266 e. The summed E-state index contributed by atoms with van der Waals surface area (Å²) < 4.78 is 43.0. The minimum absolute atomic E-state index is 0.0340. The highest BCUT2D eigenvalue weighted by Gasteiger charge is 2.20. The van der Waals surface area contributed by atoms with Crippen molar-refractivity contribution in [3.63, 3.8) is 0 Å². The number of benzene rings is 1. The van der Waals surface area contributed by atoms with Crippen molar-refractivity contribution in [2.75, 3.05) is 13.1 Å². The number of carbonyl (C=O) groups excluding carboxylic acids is 1. The van der Waals surface area contributed by atoms with Gasteiger partial charge in [0.05, 0.1) is 29.0 Å². The normalized spacial score (nSPS) is 15.7. The van der Waals surface area contributed by atoms with E-state index in [2.05, 4.69) is 15.0 Å². The number of halogens is 3. The summed E-state index contributed by atoms with van der Waals surface area (Å²) in [7, 11) is 1.87. The Morgan fingerprint density at radius 3 is 2.62 bits per heavy atom. The lowest BCUT2D eigenvalue weighted by Crippen LogP contribution is -2.32. The van der Waals surface area contributed by atoms with Gasteiger partial charge in [-0.2, -0.15) is 0 Å². The second kappa shape index (κ2) is 9.40. The van der Waals surface area contributed by atoms with Crippen molar-refractivity contribution >= 4 is 22.4 Å². The lowest BCUT2D eigenvalue weighted by molar-refractivity contribution is -0.128. The SMILES string of the molecule is CC(=O)N1CC=C(c2cc3/c(=N/[C@H](C)c4cccc(C(F)F)c4F)nc(C)n(C)c3cn2)CC1. The van der Waals surface area contributed by atoms with Gasteiger partial charge in [0.25, 0.3) is 6.43 Å². The second-order valence-corrected chi connectivity index (χ2v) is 8.43. The number of amides is 1. The summed E-state index contributed by atoms with van der Waals surface area (Å²) in [5.41, 5.74) is 2.43. The summed E-state index contributed by atoms with van der Waals surface area (Å²) in [6.45, 7) is 6.18. The van der Waals surface area contributed by atoms with E-state index < -0.39 is 23.8 Å². The Hall–Kier alpha value is -3.49. The molecule has 3 heterocycles. The van der Waals surface area contributed by atoms with Gasteiger partial charge in [0.15, 0.2) is 5.49 Å². The van der Waals surface area contributed by atoms with Gasteiger partial charge in [-0.25, -0.2) is 18.2 Å². The van der Waals surface area contributed by atoms with Crippen LogP contribution in [0.1, 0.15) is 55.4 Å².